The van der Waals surface area contributed by atoms with Crippen molar-refractivity contribution in [3.8, 4) is 0 Å². The maximum absolute atomic E-state index is 10.6. The van der Waals surface area contributed by atoms with Crippen molar-refractivity contribution in [2.75, 3.05) is 7.05 Å². The molecule has 2 heteroatoms. The molecule has 0 saturated carbocycles. The maximum Gasteiger partial charge on any atom is 0.0680 e. The zero-order valence-corrected chi connectivity index (χ0v) is 10.9. The monoisotopic (exact) mass is 223 g/mol. The minimum Gasteiger partial charge on any atom is -0.390 e. The summed E-state index contributed by atoms with van der Waals surface area (Å²) in [5.74, 6) is 0. The van der Waals surface area contributed by atoms with Crippen LogP contribution >= 0.6 is 0 Å². The lowest BCUT2D eigenvalue weighted by atomic mass is 9.83. The lowest BCUT2D eigenvalue weighted by Crippen LogP contribution is -2.49. The van der Waals surface area contributed by atoms with Gasteiger partial charge in [-0.2, -0.15) is 0 Å². The largest absolute Gasteiger partial charge is 0.390 e. The molecule has 0 aliphatic carbocycles. The van der Waals surface area contributed by atoms with Crippen molar-refractivity contribution in [3.05, 3.63) is 11.6 Å². The smallest absolute Gasteiger partial charge is 0.0680 e. The molecule has 2 fully saturated rings. The summed E-state index contributed by atoms with van der Waals surface area (Å²) in [5.41, 5.74) is 0.976. The summed E-state index contributed by atoms with van der Waals surface area (Å²) in [6.45, 7) is 4.25. The fourth-order valence-corrected chi connectivity index (χ4v) is 3.38. The van der Waals surface area contributed by atoms with Crippen LogP contribution < -0.4 is 0 Å². The van der Waals surface area contributed by atoms with Crippen molar-refractivity contribution in [2.24, 2.45) is 0 Å². The Hall–Kier alpha value is -0.340. The Kier molecular flexibility index (Phi) is 3.41. The fraction of sp³-hybridized carbons (Fsp3) is 0.857. The van der Waals surface area contributed by atoms with E-state index < -0.39 is 0 Å². The summed E-state index contributed by atoms with van der Waals surface area (Å²) in [6, 6.07) is 1.27. The van der Waals surface area contributed by atoms with E-state index in [1.807, 2.05) is 0 Å². The van der Waals surface area contributed by atoms with Crippen LogP contribution in [0.5, 0.6) is 0 Å². The Labute approximate surface area is 99.3 Å². The van der Waals surface area contributed by atoms with Crippen LogP contribution in [-0.4, -0.2) is 34.7 Å². The number of hydrogen-bond acceptors (Lipinski definition) is 2. The minimum absolute atomic E-state index is 0.385. The van der Waals surface area contributed by atoms with Gasteiger partial charge in [-0.1, -0.05) is 11.6 Å². The van der Waals surface area contributed by atoms with Crippen molar-refractivity contribution in [3.63, 3.8) is 0 Å². The Balaban J connectivity index is 1.92. The second kappa shape index (κ2) is 4.50. The zero-order chi connectivity index (χ0) is 11.8. The molecule has 0 amide bonds. The van der Waals surface area contributed by atoms with Crippen molar-refractivity contribution in [2.45, 2.75) is 70.1 Å². The molecule has 0 radical (unpaired) electrons. The van der Waals surface area contributed by atoms with E-state index in [-0.39, 0.29) is 5.60 Å². The highest BCUT2D eigenvalue weighted by atomic mass is 16.3. The highest BCUT2D eigenvalue weighted by Gasteiger charge is 2.45. The molecule has 1 N–H and O–H groups in total. The van der Waals surface area contributed by atoms with Gasteiger partial charge in [0.25, 0.3) is 0 Å². The quantitative estimate of drug-likeness (QED) is 0.744. The van der Waals surface area contributed by atoms with Crippen LogP contribution in [-0.2, 0) is 0 Å². The Bertz CT molecular complexity index is 266. The van der Waals surface area contributed by atoms with Crippen molar-refractivity contribution < 1.29 is 5.11 Å². The van der Waals surface area contributed by atoms with E-state index in [4.69, 9.17) is 0 Å². The van der Waals surface area contributed by atoms with Gasteiger partial charge < -0.3 is 10.0 Å². The fourth-order valence-electron chi connectivity index (χ4n) is 3.38. The van der Waals surface area contributed by atoms with Crippen molar-refractivity contribution in [1.82, 2.24) is 4.90 Å². The predicted octanol–water partition coefficient (Wildman–Crippen LogP) is 2.72. The molecule has 2 aliphatic rings. The number of nitrogens with zero attached hydrogens (tertiary/aromatic N) is 1. The van der Waals surface area contributed by atoms with Gasteiger partial charge in [0.2, 0.25) is 0 Å². The SMILES string of the molecule is CC(C)=CCCC1(O)CC2CCC(C1)N2C. The summed E-state index contributed by atoms with van der Waals surface area (Å²) in [7, 11) is 2.22. The van der Waals surface area contributed by atoms with Gasteiger partial charge in [0.05, 0.1) is 5.60 Å². The summed E-state index contributed by atoms with van der Waals surface area (Å²) < 4.78 is 0. The average Bonchev–Trinajstić information content (AvgIpc) is 2.44. The van der Waals surface area contributed by atoms with Crippen LogP contribution in [0, 0.1) is 0 Å². The average molecular weight is 223 g/mol. The van der Waals surface area contributed by atoms with Gasteiger partial charge in [-0.15, -0.1) is 0 Å². The van der Waals surface area contributed by atoms with Crippen LogP contribution in [0.4, 0.5) is 0 Å². The molecular weight excluding hydrogens is 198 g/mol. The van der Waals surface area contributed by atoms with Crippen LogP contribution in [0.1, 0.15) is 52.4 Å². The van der Waals surface area contributed by atoms with E-state index in [2.05, 4.69) is 31.9 Å². The van der Waals surface area contributed by atoms with Gasteiger partial charge >= 0.3 is 0 Å². The summed E-state index contributed by atoms with van der Waals surface area (Å²) in [5, 5.41) is 10.6. The molecule has 0 aromatic heterocycles. The van der Waals surface area contributed by atoms with Crippen LogP contribution in [0.2, 0.25) is 0 Å². The van der Waals surface area contributed by atoms with Gasteiger partial charge in [0, 0.05) is 12.1 Å². The maximum atomic E-state index is 10.6. The van der Waals surface area contributed by atoms with E-state index in [0.717, 1.165) is 25.7 Å². The van der Waals surface area contributed by atoms with Gasteiger partial charge in [-0.05, 0) is 59.4 Å². The first-order valence-electron chi connectivity index (χ1n) is 6.58. The standard InChI is InChI=1S/C14H25NO/c1-11(2)5-4-8-14(16)9-12-6-7-13(10-14)15(12)3/h5,12-13,16H,4,6-10H2,1-3H3. The van der Waals surface area contributed by atoms with Crippen LogP contribution in [0.3, 0.4) is 0 Å². The van der Waals surface area contributed by atoms with Crippen LogP contribution in [0.15, 0.2) is 11.6 Å². The van der Waals surface area contributed by atoms with Gasteiger partial charge in [-0.25, -0.2) is 0 Å². The predicted molar refractivity (Wildman–Crippen MR) is 67.4 cm³/mol. The highest BCUT2D eigenvalue weighted by Crippen LogP contribution is 2.41. The molecule has 2 rings (SSSR count). The first-order valence-corrected chi connectivity index (χ1v) is 6.58. The molecular formula is C14H25NO. The number of allylic oxidation sites excluding steroid dienone is 2. The molecule has 2 nitrogen and oxygen atoms in total. The number of aliphatic hydroxyl groups is 1. The zero-order valence-electron chi connectivity index (χ0n) is 10.9. The molecule has 2 atom stereocenters. The number of rotatable bonds is 3. The van der Waals surface area contributed by atoms with E-state index in [0.29, 0.717) is 12.1 Å². The second-order valence-corrected chi connectivity index (χ2v) is 6.00. The molecule has 2 saturated heterocycles. The summed E-state index contributed by atoms with van der Waals surface area (Å²) in [6.07, 6.45) is 8.75. The third kappa shape index (κ3) is 2.49. The molecule has 0 spiro atoms. The molecule has 16 heavy (non-hydrogen) atoms. The molecule has 2 bridgehead atoms. The van der Waals surface area contributed by atoms with E-state index in [9.17, 15) is 5.11 Å². The topological polar surface area (TPSA) is 23.5 Å². The Morgan fingerprint density at radius 2 is 1.88 bits per heavy atom. The third-order valence-corrected chi connectivity index (χ3v) is 4.38. The van der Waals surface area contributed by atoms with Crippen LogP contribution in [0.25, 0.3) is 0 Å². The lowest BCUT2D eigenvalue weighted by Gasteiger charge is -2.42. The second-order valence-electron chi connectivity index (χ2n) is 6.00. The first kappa shape index (κ1) is 12.1. The number of hydrogen-bond donors (Lipinski definition) is 1. The molecule has 92 valence electrons. The summed E-state index contributed by atoms with van der Waals surface area (Å²) >= 11 is 0. The molecule has 2 heterocycles. The third-order valence-electron chi connectivity index (χ3n) is 4.38. The van der Waals surface area contributed by atoms with Gasteiger partial charge in [0.15, 0.2) is 0 Å². The van der Waals surface area contributed by atoms with Crippen molar-refractivity contribution >= 4 is 0 Å². The lowest BCUT2D eigenvalue weighted by molar-refractivity contribution is -0.0493. The number of fused-ring (bicyclic) bond motifs is 2. The van der Waals surface area contributed by atoms with Crippen molar-refractivity contribution in [1.29, 1.82) is 0 Å². The van der Waals surface area contributed by atoms with E-state index in [1.165, 1.54) is 18.4 Å². The molecule has 2 aliphatic heterocycles. The number of piperidine rings is 1. The van der Waals surface area contributed by atoms with Gasteiger partial charge in [-0.3, -0.25) is 0 Å². The van der Waals surface area contributed by atoms with Gasteiger partial charge in [0.1, 0.15) is 0 Å². The molecule has 2 unspecified atom stereocenters. The Morgan fingerprint density at radius 3 is 2.38 bits per heavy atom. The first-order chi connectivity index (χ1) is 7.50. The summed E-state index contributed by atoms with van der Waals surface area (Å²) in [4.78, 5) is 2.48. The van der Waals surface area contributed by atoms with E-state index in [1.54, 1.807) is 0 Å². The molecule has 0 aromatic rings. The highest BCUT2D eigenvalue weighted by molar-refractivity contribution is 5.02. The Morgan fingerprint density at radius 1 is 1.31 bits per heavy atom. The minimum atomic E-state index is -0.385. The molecule has 0 aromatic carbocycles. The normalized spacial score (nSPS) is 38.8. The van der Waals surface area contributed by atoms with E-state index >= 15 is 0 Å².